The van der Waals surface area contributed by atoms with Crippen molar-refractivity contribution in [2.45, 2.75) is 19.6 Å². The number of aryl methyl sites for hydroxylation is 1. The fraction of sp³-hybridized carbons (Fsp3) is 0.357. The average molecular weight is 259 g/mol. The highest BCUT2D eigenvalue weighted by atomic mass is 16.5. The number of rotatable bonds is 0. The van der Waals surface area contributed by atoms with Crippen LogP contribution in [-0.4, -0.2) is 17.2 Å². The standard InChI is InChI=1S/C14H17N3O2/c1-8-6-19-7-11-13(16-8)10-5-9(15)3-4-12(10)17(2)14(11)18/h3-5,8,16H,6-7,15H2,1-2H3/t8-/m0/s1. The van der Waals surface area contributed by atoms with Crippen molar-refractivity contribution in [1.82, 2.24) is 4.57 Å². The van der Waals surface area contributed by atoms with Gasteiger partial charge in [-0.3, -0.25) is 4.79 Å². The molecule has 1 aliphatic rings. The molecular weight excluding hydrogens is 242 g/mol. The molecule has 0 bridgehead atoms. The molecule has 0 unspecified atom stereocenters. The van der Waals surface area contributed by atoms with Crippen molar-refractivity contribution in [2.75, 3.05) is 17.7 Å². The largest absolute Gasteiger partial charge is 0.399 e. The van der Waals surface area contributed by atoms with Crippen molar-refractivity contribution in [3.05, 3.63) is 34.1 Å². The van der Waals surface area contributed by atoms with Gasteiger partial charge in [0.05, 0.1) is 30.0 Å². The Labute approximate surface area is 111 Å². The van der Waals surface area contributed by atoms with Gasteiger partial charge in [-0.25, -0.2) is 0 Å². The molecule has 0 amide bonds. The quantitative estimate of drug-likeness (QED) is 0.703. The van der Waals surface area contributed by atoms with E-state index in [1.54, 1.807) is 11.6 Å². The lowest BCUT2D eigenvalue weighted by atomic mass is 10.1. The molecule has 5 nitrogen and oxygen atoms in total. The minimum absolute atomic E-state index is 0.0196. The number of aromatic nitrogens is 1. The first-order chi connectivity index (χ1) is 9.08. The predicted octanol–water partition coefficient (Wildman–Crippen LogP) is 1.45. The Morgan fingerprint density at radius 1 is 1.47 bits per heavy atom. The van der Waals surface area contributed by atoms with Gasteiger partial charge in [-0.2, -0.15) is 0 Å². The molecule has 1 aromatic heterocycles. The highest BCUT2D eigenvalue weighted by Gasteiger charge is 2.20. The highest BCUT2D eigenvalue weighted by Crippen LogP contribution is 2.29. The van der Waals surface area contributed by atoms with Gasteiger partial charge in [-0.1, -0.05) is 0 Å². The Balaban J connectivity index is 2.41. The van der Waals surface area contributed by atoms with E-state index in [0.29, 0.717) is 24.5 Å². The van der Waals surface area contributed by atoms with Crippen LogP contribution in [0.15, 0.2) is 23.0 Å². The smallest absolute Gasteiger partial charge is 0.258 e. The lowest BCUT2D eigenvalue weighted by molar-refractivity contribution is 0.119. The number of benzene rings is 1. The fourth-order valence-electron chi connectivity index (χ4n) is 2.55. The van der Waals surface area contributed by atoms with Crippen LogP contribution < -0.4 is 16.6 Å². The van der Waals surface area contributed by atoms with Crippen LogP contribution in [0, 0.1) is 0 Å². The summed E-state index contributed by atoms with van der Waals surface area (Å²) >= 11 is 0. The summed E-state index contributed by atoms with van der Waals surface area (Å²) in [6.07, 6.45) is 0. The lowest BCUT2D eigenvalue weighted by Crippen LogP contribution is -2.24. The highest BCUT2D eigenvalue weighted by molar-refractivity contribution is 5.95. The number of hydrogen-bond acceptors (Lipinski definition) is 4. The summed E-state index contributed by atoms with van der Waals surface area (Å²) in [4.78, 5) is 12.4. The zero-order valence-corrected chi connectivity index (χ0v) is 11.1. The van der Waals surface area contributed by atoms with Crippen LogP contribution in [0.1, 0.15) is 12.5 Å². The summed E-state index contributed by atoms with van der Waals surface area (Å²) in [5.74, 6) is 0. The maximum atomic E-state index is 12.4. The molecule has 100 valence electrons. The first-order valence-corrected chi connectivity index (χ1v) is 6.33. The summed E-state index contributed by atoms with van der Waals surface area (Å²) in [7, 11) is 1.77. The molecule has 1 aromatic carbocycles. The van der Waals surface area contributed by atoms with E-state index in [1.807, 2.05) is 25.1 Å². The van der Waals surface area contributed by atoms with Crippen LogP contribution in [0.5, 0.6) is 0 Å². The molecule has 19 heavy (non-hydrogen) atoms. The van der Waals surface area contributed by atoms with E-state index in [0.717, 1.165) is 16.6 Å². The molecule has 3 rings (SSSR count). The molecule has 2 aromatic rings. The summed E-state index contributed by atoms with van der Waals surface area (Å²) in [5.41, 5.74) is 8.94. The van der Waals surface area contributed by atoms with Gasteiger partial charge in [0.1, 0.15) is 0 Å². The van der Waals surface area contributed by atoms with Crippen LogP contribution >= 0.6 is 0 Å². The number of nitrogen functional groups attached to an aromatic ring is 1. The molecule has 0 radical (unpaired) electrons. The van der Waals surface area contributed by atoms with Crippen molar-refractivity contribution in [3.63, 3.8) is 0 Å². The molecule has 0 spiro atoms. The molecule has 0 saturated carbocycles. The number of hydrogen-bond donors (Lipinski definition) is 2. The minimum atomic E-state index is -0.0196. The molecule has 0 saturated heterocycles. The number of nitrogens with zero attached hydrogens (tertiary/aromatic N) is 1. The van der Waals surface area contributed by atoms with E-state index < -0.39 is 0 Å². The zero-order valence-electron chi connectivity index (χ0n) is 11.1. The maximum Gasteiger partial charge on any atom is 0.258 e. The van der Waals surface area contributed by atoms with E-state index in [2.05, 4.69) is 5.32 Å². The second-order valence-corrected chi connectivity index (χ2v) is 5.05. The Kier molecular flexibility index (Phi) is 2.71. The van der Waals surface area contributed by atoms with Crippen molar-refractivity contribution in [3.8, 4) is 0 Å². The van der Waals surface area contributed by atoms with Gasteiger partial charge in [0.2, 0.25) is 0 Å². The molecule has 3 N–H and O–H groups in total. The van der Waals surface area contributed by atoms with Crippen molar-refractivity contribution >= 4 is 22.3 Å². The number of fused-ring (bicyclic) bond motifs is 3. The Morgan fingerprint density at radius 2 is 2.26 bits per heavy atom. The SMILES string of the molecule is C[C@H]1COCc2c(c3cc(N)ccc3n(C)c2=O)N1. The third kappa shape index (κ3) is 1.86. The van der Waals surface area contributed by atoms with Gasteiger partial charge in [0.15, 0.2) is 0 Å². The van der Waals surface area contributed by atoms with E-state index in [4.69, 9.17) is 10.5 Å². The van der Waals surface area contributed by atoms with E-state index in [-0.39, 0.29) is 11.6 Å². The normalized spacial score (nSPS) is 18.7. The van der Waals surface area contributed by atoms with Gasteiger partial charge in [0.25, 0.3) is 5.56 Å². The Bertz CT molecular complexity index is 706. The van der Waals surface area contributed by atoms with Gasteiger partial charge in [0, 0.05) is 24.2 Å². The van der Waals surface area contributed by atoms with Crippen LogP contribution in [0.3, 0.4) is 0 Å². The second-order valence-electron chi connectivity index (χ2n) is 5.05. The van der Waals surface area contributed by atoms with Gasteiger partial charge >= 0.3 is 0 Å². The molecule has 0 fully saturated rings. The van der Waals surface area contributed by atoms with Gasteiger partial charge in [-0.05, 0) is 25.1 Å². The van der Waals surface area contributed by atoms with E-state index in [1.165, 1.54) is 0 Å². The third-order valence-electron chi connectivity index (χ3n) is 3.52. The number of anilines is 2. The van der Waals surface area contributed by atoms with Gasteiger partial charge < -0.3 is 20.4 Å². The number of pyridine rings is 1. The molecular formula is C14H17N3O2. The average Bonchev–Trinajstić information content (AvgIpc) is 2.58. The maximum absolute atomic E-state index is 12.4. The van der Waals surface area contributed by atoms with Crippen LogP contribution in [0.2, 0.25) is 0 Å². The predicted molar refractivity (Wildman–Crippen MR) is 76.3 cm³/mol. The Hall–Kier alpha value is -2.01. The van der Waals surface area contributed by atoms with Crippen LogP contribution in [-0.2, 0) is 18.4 Å². The molecule has 1 atom stereocenters. The van der Waals surface area contributed by atoms with E-state index >= 15 is 0 Å². The van der Waals surface area contributed by atoms with Gasteiger partial charge in [-0.15, -0.1) is 0 Å². The Morgan fingerprint density at radius 3 is 3.05 bits per heavy atom. The number of nitrogens with two attached hydrogens (primary N) is 1. The van der Waals surface area contributed by atoms with Crippen molar-refractivity contribution in [1.29, 1.82) is 0 Å². The summed E-state index contributed by atoms with van der Waals surface area (Å²) in [5, 5.41) is 4.33. The van der Waals surface area contributed by atoms with Crippen LogP contribution in [0.4, 0.5) is 11.4 Å². The van der Waals surface area contributed by atoms with E-state index in [9.17, 15) is 4.79 Å². The molecule has 5 heteroatoms. The molecule has 1 aliphatic heterocycles. The summed E-state index contributed by atoms with van der Waals surface area (Å²) in [6.45, 7) is 2.95. The first kappa shape index (κ1) is 12.0. The zero-order chi connectivity index (χ0) is 13.6. The number of ether oxygens (including phenoxy) is 1. The monoisotopic (exact) mass is 259 g/mol. The van der Waals surface area contributed by atoms with Crippen LogP contribution in [0.25, 0.3) is 10.9 Å². The molecule has 0 aliphatic carbocycles. The lowest BCUT2D eigenvalue weighted by Gasteiger charge is -2.16. The minimum Gasteiger partial charge on any atom is -0.399 e. The van der Waals surface area contributed by atoms with Crippen molar-refractivity contribution < 1.29 is 4.74 Å². The second kappa shape index (κ2) is 4.28. The fourth-order valence-corrected chi connectivity index (χ4v) is 2.55. The first-order valence-electron chi connectivity index (χ1n) is 6.33. The van der Waals surface area contributed by atoms with Crippen molar-refractivity contribution in [2.24, 2.45) is 7.05 Å². The number of nitrogens with one attached hydrogen (secondary N) is 1. The summed E-state index contributed by atoms with van der Waals surface area (Å²) < 4.78 is 7.19. The third-order valence-corrected chi connectivity index (χ3v) is 3.52. The molecule has 2 heterocycles. The topological polar surface area (TPSA) is 69.3 Å². The summed E-state index contributed by atoms with van der Waals surface area (Å²) in [6, 6.07) is 5.76.